The smallest absolute Gasteiger partial charge is 0.251 e. The Hall–Kier alpha value is -2.33. The topological polar surface area (TPSA) is 58.6 Å². The normalized spacial score (nSPS) is 16.9. The molecule has 2 N–H and O–H groups in total. The van der Waals surface area contributed by atoms with Gasteiger partial charge in [0.1, 0.15) is 5.75 Å². The van der Waals surface area contributed by atoms with Gasteiger partial charge >= 0.3 is 0 Å². The van der Waals surface area contributed by atoms with E-state index in [4.69, 9.17) is 4.74 Å². The van der Waals surface area contributed by atoms with E-state index in [1.165, 1.54) is 32.1 Å². The van der Waals surface area contributed by atoms with Crippen molar-refractivity contribution in [2.75, 3.05) is 13.2 Å². The molecule has 1 saturated carbocycles. The molecular weight excluding hydrogens is 350 g/mol. The molecular formula is C24H31NO3. The van der Waals surface area contributed by atoms with E-state index < -0.39 is 6.10 Å². The molecule has 1 amide bonds. The molecule has 0 unspecified atom stereocenters. The third-order valence-electron chi connectivity index (χ3n) is 5.57. The summed E-state index contributed by atoms with van der Waals surface area (Å²) in [5.74, 6) is 1.22. The fourth-order valence-electron chi connectivity index (χ4n) is 3.74. The third kappa shape index (κ3) is 5.83. The maximum Gasteiger partial charge on any atom is 0.251 e. The van der Waals surface area contributed by atoms with Gasteiger partial charge in [-0.15, -0.1) is 0 Å². The number of hydrogen-bond donors (Lipinski definition) is 2. The molecule has 0 aliphatic heterocycles. The van der Waals surface area contributed by atoms with Crippen LogP contribution in [0.4, 0.5) is 0 Å². The fourth-order valence-corrected chi connectivity index (χ4v) is 3.74. The van der Waals surface area contributed by atoms with E-state index in [0.29, 0.717) is 18.0 Å². The lowest BCUT2D eigenvalue weighted by Gasteiger charge is -2.23. The van der Waals surface area contributed by atoms with E-state index in [-0.39, 0.29) is 11.8 Å². The maximum absolute atomic E-state index is 12.2. The Morgan fingerprint density at radius 2 is 1.86 bits per heavy atom. The zero-order chi connectivity index (χ0) is 19.8. The molecule has 2 aromatic carbocycles. The van der Waals surface area contributed by atoms with Crippen molar-refractivity contribution in [2.24, 2.45) is 11.8 Å². The maximum atomic E-state index is 12.2. The van der Waals surface area contributed by atoms with Gasteiger partial charge in [0.25, 0.3) is 5.91 Å². The number of carbonyl (C=O) groups excluding carboxylic acids is 1. The third-order valence-corrected chi connectivity index (χ3v) is 5.57. The van der Waals surface area contributed by atoms with Gasteiger partial charge in [0.15, 0.2) is 0 Å². The second-order valence-electron chi connectivity index (χ2n) is 7.89. The highest BCUT2D eigenvalue weighted by Crippen LogP contribution is 2.27. The minimum absolute atomic E-state index is 0.110. The van der Waals surface area contributed by atoms with Crippen LogP contribution >= 0.6 is 0 Å². The van der Waals surface area contributed by atoms with Gasteiger partial charge in [-0.1, -0.05) is 56.5 Å². The van der Waals surface area contributed by atoms with Crippen LogP contribution in [0.15, 0.2) is 54.6 Å². The molecule has 0 heterocycles. The van der Waals surface area contributed by atoms with Gasteiger partial charge in [-0.3, -0.25) is 4.79 Å². The number of benzene rings is 2. The Labute approximate surface area is 167 Å². The van der Waals surface area contributed by atoms with E-state index in [0.717, 1.165) is 17.9 Å². The van der Waals surface area contributed by atoms with Gasteiger partial charge in [0, 0.05) is 18.0 Å². The first-order valence-corrected chi connectivity index (χ1v) is 10.4. The van der Waals surface area contributed by atoms with Crippen LogP contribution in [0.5, 0.6) is 5.75 Å². The lowest BCUT2D eigenvalue weighted by Crippen LogP contribution is -2.30. The van der Waals surface area contributed by atoms with Gasteiger partial charge in [-0.2, -0.15) is 0 Å². The summed E-state index contributed by atoms with van der Waals surface area (Å²) in [6.07, 6.45) is 5.80. The monoisotopic (exact) mass is 381 g/mol. The molecule has 4 heteroatoms. The van der Waals surface area contributed by atoms with E-state index in [1.807, 2.05) is 49.4 Å². The van der Waals surface area contributed by atoms with Crippen molar-refractivity contribution in [3.05, 3.63) is 65.7 Å². The van der Waals surface area contributed by atoms with Crippen LogP contribution in [-0.4, -0.2) is 24.2 Å². The van der Waals surface area contributed by atoms with E-state index >= 15 is 0 Å². The van der Waals surface area contributed by atoms with Crippen LogP contribution in [-0.2, 0) is 0 Å². The fraction of sp³-hybridized carbons (Fsp3) is 0.458. The molecule has 0 radical (unpaired) electrons. The molecule has 0 saturated heterocycles. The average molecular weight is 382 g/mol. The van der Waals surface area contributed by atoms with Crippen LogP contribution in [0.3, 0.4) is 0 Å². The summed E-state index contributed by atoms with van der Waals surface area (Å²) < 4.78 is 5.99. The SMILES string of the molecule is C[C@H](CNC(=O)c1ccccc1)[C@H](O)c1cccc(OCC2CCCCC2)c1. The summed E-state index contributed by atoms with van der Waals surface area (Å²) in [5, 5.41) is 13.6. The summed E-state index contributed by atoms with van der Waals surface area (Å²) >= 11 is 0. The minimum Gasteiger partial charge on any atom is -0.493 e. The number of nitrogens with one attached hydrogen (secondary N) is 1. The Morgan fingerprint density at radius 1 is 1.11 bits per heavy atom. The Bertz CT molecular complexity index is 741. The first kappa shape index (κ1) is 20.4. The summed E-state index contributed by atoms with van der Waals surface area (Å²) in [5.41, 5.74) is 1.45. The average Bonchev–Trinajstić information content (AvgIpc) is 2.76. The van der Waals surface area contributed by atoms with Gasteiger partial charge in [-0.25, -0.2) is 0 Å². The summed E-state index contributed by atoms with van der Waals surface area (Å²) in [7, 11) is 0. The molecule has 28 heavy (non-hydrogen) atoms. The number of aliphatic hydroxyl groups excluding tert-OH is 1. The van der Waals surface area contributed by atoms with Crippen molar-refractivity contribution >= 4 is 5.91 Å². The van der Waals surface area contributed by atoms with Gasteiger partial charge in [0.2, 0.25) is 0 Å². The van der Waals surface area contributed by atoms with Crippen LogP contribution in [0.1, 0.15) is 61.1 Å². The van der Waals surface area contributed by atoms with Crippen LogP contribution in [0, 0.1) is 11.8 Å². The predicted octanol–water partition coefficient (Wildman–Crippen LogP) is 4.75. The largest absolute Gasteiger partial charge is 0.493 e. The summed E-state index contributed by atoms with van der Waals surface area (Å²) in [4.78, 5) is 12.2. The lowest BCUT2D eigenvalue weighted by atomic mass is 9.90. The Balaban J connectivity index is 1.51. The molecule has 2 aromatic rings. The highest BCUT2D eigenvalue weighted by Gasteiger charge is 2.19. The molecule has 1 aliphatic rings. The van der Waals surface area contributed by atoms with E-state index in [9.17, 15) is 9.90 Å². The molecule has 0 bridgehead atoms. The molecule has 1 aliphatic carbocycles. The molecule has 1 fully saturated rings. The highest BCUT2D eigenvalue weighted by atomic mass is 16.5. The number of amides is 1. The van der Waals surface area contributed by atoms with E-state index in [2.05, 4.69) is 5.32 Å². The van der Waals surface area contributed by atoms with Crippen molar-refractivity contribution in [3.8, 4) is 5.75 Å². The number of aliphatic hydroxyl groups is 1. The molecule has 0 spiro atoms. The molecule has 2 atom stereocenters. The Morgan fingerprint density at radius 3 is 2.61 bits per heavy atom. The number of rotatable bonds is 8. The Kier molecular flexibility index (Phi) is 7.49. The predicted molar refractivity (Wildman–Crippen MR) is 111 cm³/mol. The summed E-state index contributed by atoms with van der Waals surface area (Å²) in [6.45, 7) is 3.09. The van der Waals surface area contributed by atoms with E-state index in [1.54, 1.807) is 12.1 Å². The molecule has 150 valence electrons. The molecule has 0 aromatic heterocycles. The first-order chi connectivity index (χ1) is 13.6. The zero-order valence-electron chi connectivity index (χ0n) is 16.6. The van der Waals surface area contributed by atoms with Gasteiger partial charge in [0.05, 0.1) is 12.7 Å². The lowest BCUT2D eigenvalue weighted by molar-refractivity contribution is 0.0896. The molecule has 4 nitrogen and oxygen atoms in total. The first-order valence-electron chi connectivity index (χ1n) is 10.4. The second-order valence-corrected chi connectivity index (χ2v) is 7.89. The quantitative estimate of drug-likeness (QED) is 0.694. The van der Waals surface area contributed by atoms with Crippen molar-refractivity contribution in [1.29, 1.82) is 0 Å². The van der Waals surface area contributed by atoms with Crippen LogP contribution < -0.4 is 10.1 Å². The van der Waals surface area contributed by atoms with Crippen molar-refractivity contribution < 1.29 is 14.6 Å². The van der Waals surface area contributed by atoms with Crippen molar-refractivity contribution in [3.63, 3.8) is 0 Å². The van der Waals surface area contributed by atoms with Crippen molar-refractivity contribution in [2.45, 2.75) is 45.1 Å². The molecule has 3 rings (SSSR count). The second kappa shape index (κ2) is 10.3. The van der Waals surface area contributed by atoms with Crippen LogP contribution in [0.2, 0.25) is 0 Å². The number of carbonyl (C=O) groups is 1. The standard InChI is InChI=1S/C24H31NO3/c1-18(16-25-24(27)20-11-6-3-7-12-20)23(26)21-13-8-14-22(15-21)28-17-19-9-4-2-5-10-19/h3,6-8,11-15,18-19,23,26H,2,4-5,9-10,16-17H2,1H3,(H,25,27)/t18-,23+/m1/s1. The van der Waals surface area contributed by atoms with Gasteiger partial charge < -0.3 is 15.2 Å². The van der Waals surface area contributed by atoms with Gasteiger partial charge in [-0.05, 0) is 48.6 Å². The zero-order valence-corrected chi connectivity index (χ0v) is 16.6. The summed E-state index contributed by atoms with van der Waals surface area (Å²) in [6, 6.07) is 16.8. The number of ether oxygens (including phenoxy) is 1. The van der Waals surface area contributed by atoms with Crippen LogP contribution in [0.25, 0.3) is 0 Å². The highest BCUT2D eigenvalue weighted by molar-refractivity contribution is 5.94. The minimum atomic E-state index is -0.658. The van der Waals surface area contributed by atoms with Crippen molar-refractivity contribution in [1.82, 2.24) is 5.32 Å². The number of hydrogen-bond acceptors (Lipinski definition) is 3.